The van der Waals surface area contributed by atoms with Crippen LogP contribution >= 0.6 is 0 Å². The van der Waals surface area contributed by atoms with Crippen molar-refractivity contribution in [2.45, 2.75) is 26.7 Å². The van der Waals surface area contributed by atoms with Crippen molar-refractivity contribution in [3.8, 4) is 0 Å². The molecule has 0 N–H and O–H groups in total. The van der Waals surface area contributed by atoms with Gasteiger partial charge in [0, 0.05) is 20.1 Å². The number of hydrogen-bond acceptors (Lipinski definition) is 4. The molecule has 0 spiro atoms. The fraction of sp³-hybridized carbons (Fsp3) is 0.900. The number of rotatable bonds is 8. The van der Waals surface area contributed by atoms with Gasteiger partial charge in [0.25, 0.3) is 10.2 Å². The maximum Gasteiger partial charge on any atom is 0.321 e. The summed E-state index contributed by atoms with van der Waals surface area (Å²) in [5.41, 5.74) is 0. The molecule has 0 bridgehead atoms. The lowest BCUT2D eigenvalue weighted by molar-refractivity contribution is -0.140. The summed E-state index contributed by atoms with van der Waals surface area (Å²) in [6.07, 6.45) is 1.48. The number of carbonyl (C=O) groups is 1. The molecule has 6 nitrogen and oxygen atoms in total. The zero-order chi connectivity index (χ0) is 13.5. The van der Waals surface area contributed by atoms with E-state index in [9.17, 15) is 13.2 Å². The molecule has 0 saturated heterocycles. The summed E-state index contributed by atoms with van der Waals surface area (Å²) in [5, 5.41) is 0. The smallest absolute Gasteiger partial charge is 0.321 e. The van der Waals surface area contributed by atoms with Gasteiger partial charge in [-0.2, -0.15) is 17.0 Å². The van der Waals surface area contributed by atoms with E-state index < -0.39 is 16.2 Å². The van der Waals surface area contributed by atoms with E-state index in [4.69, 9.17) is 0 Å². The number of hydrogen-bond donors (Lipinski definition) is 0. The van der Waals surface area contributed by atoms with E-state index in [0.29, 0.717) is 13.1 Å². The van der Waals surface area contributed by atoms with E-state index >= 15 is 0 Å². The van der Waals surface area contributed by atoms with Crippen molar-refractivity contribution >= 4 is 16.2 Å². The van der Waals surface area contributed by atoms with Crippen LogP contribution in [0.4, 0.5) is 0 Å². The Balaban J connectivity index is 4.75. The van der Waals surface area contributed by atoms with Crippen LogP contribution in [0, 0.1) is 0 Å². The Bertz CT molecular complexity index is 323. The van der Waals surface area contributed by atoms with E-state index in [1.54, 1.807) is 0 Å². The molecule has 0 unspecified atom stereocenters. The Morgan fingerprint density at radius 3 is 2.00 bits per heavy atom. The minimum absolute atomic E-state index is 0.261. The molecular formula is C10H22N2O4S. The van der Waals surface area contributed by atoms with Gasteiger partial charge < -0.3 is 4.74 Å². The lowest BCUT2D eigenvalue weighted by Gasteiger charge is -2.26. The van der Waals surface area contributed by atoms with Gasteiger partial charge in [0.05, 0.1) is 7.11 Å². The molecule has 0 fully saturated rings. The van der Waals surface area contributed by atoms with Gasteiger partial charge in [-0.3, -0.25) is 4.79 Å². The number of carbonyl (C=O) groups excluding carboxylic acids is 1. The Morgan fingerprint density at radius 1 is 1.18 bits per heavy atom. The van der Waals surface area contributed by atoms with Crippen molar-refractivity contribution in [1.82, 2.24) is 8.61 Å². The summed E-state index contributed by atoms with van der Waals surface area (Å²) in [7, 11) is -0.950. The van der Waals surface area contributed by atoms with Crippen molar-refractivity contribution in [2.24, 2.45) is 0 Å². The molecule has 0 saturated carbocycles. The number of ether oxygens (including phenoxy) is 1. The first-order valence-corrected chi connectivity index (χ1v) is 7.08. The van der Waals surface area contributed by atoms with Crippen molar-refractivity contribution in [3.05, 3.63) is 0 Å². The van der Waals surface area contributed by atoms with Gasteiger partial charge in [-0.05, 0) is 12.8 Å². The van der Waals surface area contributed by atoms with Crippen LogP contribution < -0.4 is 0 Å². The molecule has 0 heterocycles. The van der Waals surface area contributed by atoms with Crippen LogP contribution in [0.25, 0.3) is 0 Å². The van der Waals surface area contributed by atoms with Crippen LogP contribution in [0.15, 0.2) is 0 Å². The first-order chi connectivity index (χ1) is 7.89. The Hall–Kier alpha value is -0.660. The first-order valence-electron chi connectivity index (χ1n) is 5.68. The van der Waals surface area contributed by atoms with Crippen LogP contribution in [0.3, 0.4) is 0 Å². The van der Waals surface area contributed by atoms with E-state index in [2.05, 4.69) is 4.74 Å². The lowest BCUT2D eigenvalue weighted by atomic mass is 10.4. The van der Waals surface area contributed by atoms with Crippen molar-refractivity contribution in [3.63, 3.8) is 0 Å². The average Bonchev–Trinajstić information content (AvgIpc) is 2.28. The number of nitrogens with zero attached hydrogens (tertiary/aromatic N) is 2. The summed E-state index contributed by atoms with van der Waals surface area (Å²) in [6, 6.07) is 0. The first kappa shape index (κ1) is 16.3. The second-order valence-electron chi connectivity index (χ2n) is 3.74. The predicted octanol–water partition coefficient (Wildman–Crippen LogP) is 0.458. The highest BCUT2D eigenvalue weighted by molar-refractivity contribution is 7.86. The van der Waals surface area contributed by atoms with Gasteiger partial charge >= 0.3 is 5.97 Å². The van der Waals surface area contributed by atoms with Gasteiger partial charge in [-0.25, -0.2) is 0 Å². The third kappa shape index (κ3) is 5.01. The van der Waals surface area contributed by atoms with Crippen LogP contribution in [0.1, 0.15) is 26.7 Å². The Labute approximate surface area is 104 Å². The molecule has 0 aromatic heterocycles. The number of methoxy groups -OCH3 is 1. The molecule has 17 heavy (non-hydrogen) atoms. The third-order valence-electron chi connectivity index (χ3n) is 2.25. The van der Waals surface area contributed by atoms with Crippen molar-refractivity contribution < 1.29 is 17.9 Å². The summed E-state index contributed by atoms with van der Waals surface area (Å²) in [4.78, 5) is 11.1. The lowest BCUT2D eigenvalue weighted by Crippen LogP contribution is -2.44. The van der Waals surface area contributed by atoms with E-state index in [0.717, 1.165) is 17.1 Å². The summed E-state index contributed by atoms with van der Waals surface area (Å²) >= 11 is 0. The second kappa shape index (κ2) is 7.62. The predicted molar refractivity (Wildman–Crippen MR) is 65.7 cm³/mol. The minimum Gasteiger partial charge on any atom is -0.468 e. The maximum absolute atomic E-state index is 12.1. The standard InChI is InChI=1S/C10H22N2O4S/c1-5-7-12(8-6-2)17(14,15)11(3)9-10(13)16-4/h5-9H2,1-4H3. The molecule has 0 aromatic rings. The van der Waals surface area contributed by atoms with Gasteiger partial charge in [-0.15, -0.1) is 0 Å². The maximum atomic E-state index is 12.1. The van der Waals surface area contributed by atoms with Crippen LogP contribution in [0.5, 0.6) is 0 Å². The fourth-order valence-corrected chi connectivity index (χ4v) is 2.86. The fourth-order valence-electron chi connectivity index (χ4n) is 1.37. The van der Waals surface area contributed by atoms with Gasteiger partial charge in [0.1, 0.15) is 6.54 Å². The highest BCUT2D eigenvalue weighted by atomic mass is 32.2. The highest BCUT2D eigenvalue weighted by Gasteiger charge is 2.27. The summed E-state index contributed by atoms with van der Waals surface area (Å²) in [6.45, 7) is 4.49. The molecule has 0 atom stereocenters. The summed E-state index contributed by atoms with van der Waals surface area (Å²) in [5.74, 6) is -0.566. The quantitative estimate of drug-likeness (QED) is 0.599. The SMILES string of the molecule is CCCN(CCC)S(=O)(=O)N(C)CC(=O)OC. The van der Waals surface area contributed by atoms with Crippen molar-refractivity contribution in [1.29, 1.82) is 0 Å². The van der Waals surface area contributed by atoms with E-state index in [1.807, 2.05) is 13.8 Å². The van der Waals surface area contributed by atoms with E-state index in [-0.39, 0.29) is 6.54 Å². The molecule has 0 radical (unpaired) electrons. The second-order valence-corrected chi connectivity index (χ2v) is 5.77. The third-order valence-corrected chi connectivity index (χ3v) is 4.18. The van der Waals surface area contributed by atoms with Gasteiger partial charge in [0.2, 0.25) is 0 Å². The monoisotopic (exact) mass is 266 g/mol. The Morgan fingerprint density at radius 2 is 1.65 bits per heavy atom. The largest absolute Gasteiger partial charge is 0.468 e. The van der Waals surface area contributed by atoms with Crippen LogP contribution in [-0.2, 0) is 19.7 Å². The molecule has 0 aliphatic rings. The van der Waals surface area contributed by atoms with Crippen LogP contribution in [-0.4, -0.2) is 56.8 Å². The molecule has 102 valence electrons. The molecule has 0 aliphatic heterocycles. The normalized spacial score (nSPS) is 12.1. The van der Waals surface area contributed by atoms with Crippen LogP contribution in [0.2, 0.25) is 0 Å². The zero-order valence-corrected chi connectivity index (χ0v) is 11.8. The van der Waals surface area contributed by atoms with Gasteiger partial charge in [0.15, 0.2) is 0 Å². The average molecular weight is 266 g/mol. The summed E-state index contributed by atoms with van der Waals surface area (Å²) < 4.78 is 31.1. The minimum atomic E-state index is -3.56. The van der Waals surface area contributed by atoms with Gasteiger partial charge in [-0.1, -0.05) is 13.8 Å². The number of esters is 1. The molecule has 0 amide bonds. The topological polar surface area (TPSA) is 66.9 Å². The number of likely N-dealkylation sites (N-methyl/N-ethyl adjacent to an activating group) is 1. The molecule has 7 heteroatoms. The Kier molecular flexibility index (Phi) is 7.33. The molecule has 0 aromatic carbocycles. The van der Waals surface area contributed by atoms with Crippen molar-refractivity contribution in [2.75, 3.05) is 33.8 Å². The molecule has 0 aliphatic carbocycles. The zero-order valence-electron chi connectivity index (χ0n) is 11.0. The van der Waals surface area contributed by atoms with E-state index in [1.165, 1.54) is 18.5 Å². The molecular weight excluding hydrogens is 244 g/mol. The highest BCUT2D eigenvalue weighted by Crippen LogP contribution is 2.08. The molecule has 0 rings (SSSR count).